The summed E-state index contributed by atoms with van der Waals surface area (Å²) in [5.74, 6) is 0.837. The lowest BCUT2D eigenvalue weighted by Gasteiger charge is -2.40. The van der Waals surface area contributed by atoms with Crippen molar-refractivity contribution in [3.8, 4) is 11.5 Å². The summed E-state index contributed by atoms with van der Waals surface area (Å²) in [4.78, 5) is 5.21. The van der Waals surface area contributed by atoms with Gasteiger partial charge in [0, 0.05) is 43.7 Å². The van der Waals surface area contributed by atoms with Crippen LogP contribution >= 0.6 is 0 Å². The van der Waals surface area contributed by atoms with Gasteiger partial charge in [-0.25, -0.2) is 12.8 Å². The molecule has 2 unspecified atom stereocenters. The number of piperidine rings is 1. The first kappa shape index (κ1) is 26.1. The van der Waals surface area contributed by atoms with Gasteiger partial charge in [-0.2, -0.15) is 0 Å². The zero-order valence-corrected chi connectivity index (χ0v) is 23.3. The predicted molar refractivity (Wildman–Crippen MR) is 149 cm³/mol. The molecular weight excluding hydrogens is 515 g/mol. The first-order chi connectivity index (χ1) is 18.8. The number of benzene rings is 3. The molecule has 6 rings (SSSR count). The lowest BCUT2D eigenvalue weighted by molar-refractivity contribution is 0.150. The van der Waals surface area contributed by atoms with Gasteiger partial charge < -0.3 is 19.3 Å². The molecule has 3 aliphatic heterocycles. The van der Waals surface area contributed by atoms with Crippen LogP contribution in [0.2, 0.25) is 0 Å². The Morgan fingerprint density at radius 1 is 0.872 bits per heavy atom. The van der Waals surface area contributed by atoms with Crippen LogP contribution in [-0.2, 0) is 22.7 Å². The van der Waals surface area contributed by atoms with Gasteiger partial charge in [0.1, 0.15) is 28.3 Å². The molecule has 0 aromatic heterocycles. The van der Waals surface area contributed by atoms with Crippen molar-refractivity contribution < 1.29 is 22.3 Å². The average molecular weight is 551 g/mol. The van der Waals surface area contributed by atoms with E-state index in [0.717, 1.165) is 68.4 Å². The molecule has 6 nitrogen and oxygen atoms in total. The number of rotatable bonds is 6. The van der Waals surface area contributed by atoms with Crippen LogP contribution in [0.5, 0.6) is 11.5 Å². The number of anilines is 1. The summed E-state index contributed by atoms with van der Waals surface area (Å²) in [6.45, 7) is 1.85. The van der Waals surface area contributed by atoms with E-state index < -0.39 is 9.84 Å². The molecule has 0 N–H and O–H groups in total. The minimum atomic E-state index is -3.75. The van der Waals surface area contributed by atoms with E-state index in [-0.39, 0.29) is 21.7 Å². The lowest BCUT2D eigenvalue weighted by Crippen LogP contribution is -2.46. The van der Waals surface area contributed by atoms with Crippen LogP contribution < -0.4 is 14.4 Å². The van der Waals surface area contributed by atoms with Crippen molar-refractivity contribution in [1.29, 1.82) is 0 Å². The summed E-state index contributed by atoms with van der Waals surface area (Å²) in [5.41, 5.74) is 3.28. The van der Waals surface area contributed by atoms with Gasteiger partial charge in [0.2, 0.25) is 9.84 Å². The Bertz CT molecular complexity index is 1430. The highest BCUT2D eigenvalue weighted by molar-refractivity contribution is 7.91. The lowest BCUT2D eigenvalue weighted by atomic mass is 9.98. The van der Waals surface area contributed by atoms with E-state index >= 15 is 0 Å². The van der Waals surface area contributed by atoms with Crippen LogP contribution in [0, 0.1) is 5.82 Å². The number of likely N-dealkylation sites (N-methyl/N-ethyl adjacent to an activating group) is 1. The van der Waals surface area contributed by atoms with Gasteiger partial charge in [-0.15, -0.1) is 0 Å². The highest BCUT2D eigenvalue weighted by Crippen LogP contribution is 2.41. The van der Waals surface area contributed by atoms with E-state index in [4.69, 9.17) is 9.47 Å². The fraction of sp³-hybridized carbons (Fsp3) is 0.419. The van der Waals surface area contributed by atoms with Crippen LogP contribution in [0.15, 0.2) is 70.5 Å². The Morgan fingerprint density at radius 2 is 1.49 bits per heavy atom. The van der Waals surface area contributed by atoms with E-state index in [0.29, 0.717) is 23.6 Å². The summed E-state index contributed by atoms with van der Waals surface area (Å²) < 4.78 is 52.6. The van der Waals surface area contributed by atoms with Crippen molar-refractivity contribution in [2.45, 2.75) is 66.5 Å². The minimum Gasteiger partial charge on any atom is -0.495 e. The molecule has 8 heteroatoms. The second kappa shape index (κ2) is 10.5. The highest BCUT2D eigenvalue weighted by Gasteiger charge is 2.41. The minimum absolute atomic E-state index is 0.0873. The second-order valence-electron chi connectivity index (χ2n) is 11.0. The second-order valence-corrected chi connectivity index (χ2v) is 12.9. The van der Waals surface area contributed by atoms with Crippen molar-refractivity contribution in [1.82, 2.24) is 4.90 Å². The number of fused-ring (bicyclic) bond motifs is 3. The molecule has 2 fully saturated rings. The molecule has 39 heavy (non-hydrogen) atoms. The topological polar surface area (TPSA) is 59.1 Å². The number of methoxy groups -OCH3 is 1. The first-order valence-corrected chi connectivity index (χ1v) is 15.2. The van der Waals surface area contributed by atoms with Crippen LogP contribution in [0.3, 0.4) is 0 Å². The third-order valence-corrected chi connectivity index (χ3v) is 10.3. The van der Waals surface area contributed by atoms with Gasteiger partial charge in [0.05, 0.1) is 12.0 Å². The molecule has 0 radical (unpaired) electrons. The van der Waals surface area contributed by atoms with Crippen molar-refractivity contribution in [2.24, 2.45) is 0 Å². The molecule has 206 valence electrons. The Hall–Kier alpha value is -3.10. The number of hydrogen-bond acceptors (Lipinski definition) is 6. The maximum absolute atomic E-state index is 13.8. The van der Waals surface area contributed by atoms with Gasteiger partial charge in [0.25, 0.3) is 0 Å². The Kier molecular flexibility index (Phi) is 7.02. The van der Waals surface area contributed by atoms with Gasteiger partial charge in [-0.05, 0) is 105 Å². The van der Waals surface area contributed by atoms with E-state index in [1.165, 1.54) is 19.2 Å². The highest BCUT2D eigenvalue weighted by atomic mass is 32.2. The summed E-state index contributed by atoms with van der Waals surface area (Å²) in [7, 11) is -0.123. The number of ether oxygens (including phenoxy) is 2. The van der Waals surface area contributed by atoms with Crippen molar-refractivity contribution in [3.05, 3.63) is 77.6 Å². The van der Waals surface area contributed by atoms with Crippen LogP contribution in [0.25, 0.3) is 0 Å². The Morgan fingerprint density at radius 3 is 2.10 bits per heavy atom. The molecule has 2 saturated heterocycles. The normalized spacial score (nSPS) is 23.3. The summed E-state index contributed by atoms with van der Waals surface area (Å²) >= 11 is 0. The smallest absolute Gasteiger partial charge is 0.210 e. The molecule has 3 aromatic rings. The standard InChI is InChI=1S/C31H35FN2O4S/c1-33-15-13-21-17-30(37-2)31(18-22(21)14-16-33)39(35,36)29-11-7-24(8-12-29)34-25-5-6-26(34)20-28(19-25)38-27-9-3-23(32)4-10-27/h3-4,7-12,17-18,25-26,28H,5-6,13-16,19-20H2,1-2H3. The summed E-state index contributed by atoms with van der Waals surface area (Å²) in [6.07, 6.45) is 5.71. The van der Waals surface area contributed by atoms with Crippen molar-refractivity contribution in [3.63, 3.8) is 0 Å². The molecule has 0 spiro atoms. The van der Waals surface area contributed by atoms with E-state index in [1.54, 1.807) is 24.3 Å². The van der Waals surface area contributed by atoms with Gasteiger partial charge in [0.15, 0.2) is 0 Å². The fourth-order valence-corrected chi connectivity index (χ4v) is 7.94. The zero-order chi connectivity index (χ0) is 27.1. The molecule has 0 aliphatic carbocycles. The molecular formula is C31H35FN2O4S. The number of halogens is 1. The SMILES string of the molecule is COc1cc2c(cc1S(=O)(=O)c1ccc(N3C4CCC3CC(Oc3ccc(F)cc3)C4)cc1)CCN(C)CC2. The maximum atomic E-state index is 13.8. The largest absolute Gasteiger partial charge is 0.495 e. The Balaban J connectivity index is 1.21. The van der Waals surface area contributed by atoms with E-state index in [9.17, 15) is 12.8 Å². The van der Waals surface area contributed by atoms with Crippen LogP contribution in [-0.4, -0.2) is 58.8 Å². The number of hydrogen-bond donors (Lipinski definition) is 0. The maximum Gasteiger partial charge on any atom is 0.210 e. The molecule has 2 bridgehead atoms. The molecule has 3 aliphatic rings. The van der Waals surface area contributed by atoms with Crippen molar-refractivity contribution >= 4 is 15.5 Å². The van der Waals surface area contributed by atoms with Gasteiger partial charge in [-0.1, -0.05) is 0 Å². The van der Waals surface area contributed by atoms with Crippen molar-refractivity contribution in [2.75, 3.05) is 32.1 Å². The molecule has 3 aromatic carbocycles. The molecule has 0 amide bonds. The first-order valence-electron chi connectivity index (χ1n) is 13.8. The molecule has 2 atom stereocenters. The average Bonchev–Trinajstić information content (AvgIpc) is 3.08. The molecule has 3 heterocycles. The predicted octanol–water partition coefficient (Wildman–Crippen LogP) is 5.28. The summed E-state index contributed by atoms with van der Waals surface area (Å²) in [6, 6.07) is 17.9. The van der Waals surface area contributed by atoms with Gasteiger partial charge >= 0.3 is 0 Å². The monoisotopic (exact) mass is 550 g/mol. The number of sulfone groups is 1. The van der Waals surface area contributed by atoms with E-state index in [1.807, 2.05) is 24.3 Å². The number of nitrogens with zero attached hydrogens (tertiary/aromatic N) is 2. The quantitative estimate of drug-likeness (QED) is 0.417. The third-order valence-electron chi connectivity index (χ3n) is 8.55. The van der Waals surface area contributed by atoms with Gasteiger partial charge in [-0.3, -0.25) is 0 Å². The van der Waals surface area contributed by atoms with E-state index in [2.05, 4.69) is 16.8 Å². The fourth-order valence-electron chi connectivity index (χ4n) is 6.49. The zero-order valence-electron chi connectivity index (χ0n) is 22.5. The third kappa shape index (κ3) is 5.12. The summed E-state index contributed by atoms with van der Waals surface area (Å²) in [5, 5.41) is 0. The van der Waals surface area contributed by atoms with Crippen LogP contribution in [0.4, 0.5) is 10.1 Å². The van der Waals surface area contributed by atoms with Crippen LogP contribution in [0.1, 0.15) is 36.8 Å². The molecule has 0 saturated carbocycles. The Labute approximate surface area is 230 Å².